The average Bonchev–Trinajstić information content (AvgIpc) is 3.33. The van der Waals surface area contributed by atoms with Crippen molar-refractivity contribution in [3.05, 3.63) is 34.9 Å². The number of carboxylic acid groups (broad SMARTS) is 1. The number of halogens is 1. The van der Waals surface area contributed by atoms with Crippen molar-refractivity contribution < 1.29 is 19.4 Å². The van der Waals surface area contributed by atoms with E-state index in [4.69, 9.17) is 21.4 Å². The van der Waals surface area contributed by atoms with E-state index in [1.807, 2.05) is 24.3 Å². The van der Waals surface area contributed by atoms with E-state index in [-0.39, 0.29) is 30.3 Å². The second kappa shape index (κ2) is 6.89. The number of nitrogens with zero attached hydrogens (tertiary/aromatic N) is 1. The molecule has 1 heterocycles. The van der Waals surface area contributed by atoms with Crippen molar-refractivity contribution >= 4 is 23.5 Å². The number of hydrogen-bond acceptors (Lipinski definition) is 3. The van der Waals surface area contributed by atoms with E-state index in [1.165, 1.54) is 4.90 Å². The topological polar surface area (TPSA) is 66.8 Å². The van der Waals surface area contributed by atoms with Crippen LogP contribution < -0.4 is 0 Å². The quantitative estimate of drug-likeness (QED) is 0.896. The summed E-state index contributed by atoms with van der Waals surface area (Å²) in [6.45, 7) is 0.911. The second-order valence-corrected chi connectivity index (χ2v) is 6.58. The fourth-order valence-corrected chi connectivity index (χ4v) is 3.61. The lowest BCUT2D eigenvalue weighted by Gasteiger charge is -2.33. The zero-order valence-electron chi connectivity index (χ0n) is 12.8. The molecule has 1 N–H and O–H groups in total. The van der Waals surface area contributed by atoms with Crippen molar-refractivity contribution in [2.75, 3.05) is 19.8 Å². The number of amides is 1. The van der Waals surface area contributed by atoms with Gasteiger partial charge in [0.05, 0.1) is 0 Å². The fourth-order valence-electron chi connectivity index (χ4n) is 3.33. The first kappa shape index (κ1) is 16.3. The maximum Gasteiger partial charge on any atom is 0.323 e. The summed E-state index contributed by atoms with van der Waals surface area (Å²) in [5, 5.41) is 9.82. The highest BCUT2D eigenvalue weighted by atomic mass is 35.5. The highest BCUT2D eigenvalue weighted by Crippen LogP contribution is 2.50. The smallest absolute Gasteiger partial charge is 0.323 e. The first-order valence-corrected chi connectivity index (χ1v) is 8.30. The Morgan fingerprint density at radius 2 is 1.96 bits per heavy atom. The van der Waals surface area contributed by atoms with Gasteiger partial charge in [-0.1, -0.05) is 29.8 Å². The molecule has 6 heteroatoms. The predicted octanol–water partition coefficient (Wildman–Crippen LogP) is 2.54. The Hall–Kier alpha value is -1.59. The van der Waals surface area contributed by atoms with Crippen LogP contribution in [0.15, 0.2) is 24.3 Å². The van der Waals surface area contributed by atoms with Gasteiger partial charge in [0, 0.05) is 30.2 Å². The molecule has 1 aliphatic carbocycles. The number of benzene rings is 1. The van der Waals surface area contributed by atoms with Gasteiger partial charge >= 0.3 is 5.97 Å². The number of carbonyl (C=O) groups excluding carboxylic acids is 1. The number of carbonyl (C=O) groups is 2. The normalized spacial score (nSPS) is 24.2. The van der Waals surface area contributed by atoms with E-state index in [9.17, 15) is 9.59 Å². The number of aliphatic carboxylic acids is 1. The van der Waals surface area contributed by atoms with E-state index in [0.717, 1.165) is 12.0 Å². The van der Waals surface area contributed by atoms with Crippen molar-refractivity contribution in [1.29, 1.82) is 0 Å². The summed E-state index contributed by atoms with van der Waals surface area (Å²) in [4.78, 5) is 25.5. The van der Waals surface area contributed by atoms with Crippen molar-refractivity contribution in [2.24, 2.45) is 5.92 Å². The van der Waals surface area contributed by atoms with Crippen LogP contribution in [-0.2, 0) is 14.3 Å². The Balaban J connectivity index is 1.71. The monoisotopic (exact) mass is 337 g/mol. The van der Waals surface area contributed by atoms with Crippen molar-refractivity contribution in [3.8, 4) is 0 Å². The van der Waals surface area contributed by atoms with Gasteiger partial charge in [-0.15, -0.1) is 0 Å². The molecule has 0 bridgehead atoms. The Morgan fingerprint density at radius 3 is 2.61 bits per heavy atom. The van der Waals surface area contributed by atoms with E-state index in [2.05, 4.69) is 0 Å². The Morgan fingerprint density at radius 1 is 1.26 bits per heavy atom. The Labute approximate surface area is 140 Å². The lowest BCUT2D eigenvalue weighted by Crippen LogP contribution is -2.46. The van der Waals surface area contributed by atoms with Crippen LogP contribution in [-0.4, -0.2) is 47.7 Å². The van der Waals surface area contributed by atoms with E-state index >= 15 is 0 Å². The molecule has 0 spiro atoms. The number of rotatable bonds is 5. The molecule has 1 saturated carbocycles. The fraction of sp³-hybridized carbons (Fsp3) is 0.529. The van der Waals surface area contributed by atoms with Gasteiger partial charge in [-0.2, -0.15) is 0 Å². The van der Waals surface area contributed by atoms with Crippen LogP contribution in [0.25, 0.3) is 0 Å². The molecule has 2 fully saturated rings. The highest BCUT2D eigenvalue weighted by Gasteiger charge is 2.47. The van der Waals surface area contributed by atoms with E-state index < -0.39 is 5.97 Å². The molecule has 1 saturated heterocycles. The molecule has 0 aromatic heterocycles. The largest absolute Gasteiger partial charge is 0.480 e. The minimum Gasteiger partial charge on any atom is -0.480 e. The molecular weight excluding hydrogens is 318 g/mol. The lowest BCUT2D eigenvalue weighted by atomic mass is 10.0. The zero-order valence-corrected chi connectivity index (χ0v) is 13.5. The molecule has 1 aromatic rings. The van der Waals surface area contributed by atoms with Gasteiger partial charge in [-0.05, 0) is 36.8 Å². The van der Waals surface area contributed by atoms with Crippen molar-refractivity contribution in [1.82, 2.24) is 4.90 Å². The molecule has 2 aliphatic rings. The van der Waals surface area contributed by atoms with Gasteiger partial charge in [0.2, 0.25) is 5.91 Å². The van der Waals surface area contributed by atoms with Gasteiger partial charge < -0.3 is 14.7 Å². The first-order valence-electron chi connectivity index (χ1n) is 7.92. The second-order valence-electron chi connectivity index (χ2n) is 6.17. The summed E-state index contributed by atoms with van der Waals surface area (Å²) in [5.74, 6) is -1.09. The summed E-state index contributed by atoms with van der Waals surface area (Å²) in [5.41, 5.74) is 0.981. The molecule has 1 aromatic carbocycles. The summed E-state index contributed by atoms with van der Waals surface area (Å²) in [6, 6.07) is 7.50. The summed E-state index contributed by atoms with van der Waals surface area (Å²) in [7, 11) is 0. The molecule has 2 atom stereocenters. The number of ether oxygens (including phenoxy) is 1. The van der Waals surface area contributed by atoms with Crippen molar-refractivity contribution in [2.45, 2.75) is 31.2 Å². The molecule has 1 aliphatic heterocycles. The SMILES string of the molecule is O=C(O)CN(C(=O)[C@H]1C[C@H]1c1ccccc1Cl)C1CCOCC1. The minimum atomic E-state index is -0.972. The summed E-state index contributed by atoms with van der Waals surface area (Å²) < 4.78 is 5.31. The minimum absolute atomic E-state index is 0.0418. The van der Waals surface area contributed by atoms with Crippen LogP contribution in [0, 0.1) is 5.92 Å². The predicted molar refractivity (Wildman–Crippen MR) is 85.5 cm³/mol. The molecule has 0 unspecified atom stereocenters. The van der Waals surface area contributed by atoms with Crippen LogP contribution in [0.5, 0.6) is 0 Å². The van der Waals surface area contributed by atoms with Gasteiger partial charge in [0.25, 0.3) is 0 Å². The van der Waals surface area contributed by atoms with Crippen LogP contribution in [0.1, 0.15) is 30.7 Å². The van der Waals surface area contributed by atoms with Crippen molar-refractivity contribution in [3.63, 3.8) is 0 Å². The van der Waals surface area contributed by atoms with Gasteiger partial charge in [-0.25, -0.2) is 0 Å². The van der Waals surface area contributed by atoms with E-state index in [0.29, 0.717) is 31.1 Å². The Kier molecular flexibility index (Phi) is 4.87. The molecule has 23 heavy (non-hydrogen) atoms. The Bertz CT molecular complexity index is 600. The molecular formula is C17H20ClNO4. The van der Waals surface area contributed by atoms with Gasteiger partial charge in [0.15, 0.2) is 0 Å². The van der Waals surface area contributed by atoms with Gasteiger partial charge in [-0.3, -0.25) is 9.59 Å². The van der Waals surface area contributed by atoms with Crippen LogP contribution in [0.3, 0.4) is 0 Å². The maximum atomic E-state index is 12.8. The number of hydrogen-bond donors (Lipinski definition) is 1. The molecule has 1 amide bonds. The van der Waals surface area contributed by atoms with E-state index in [1.54, 1.807) is 0 Å². The maximum absolute atomic E-state index is 12.8. The van der Waals surface area contributed by atoms with Crippen LogP contribution in [0.2, 0.25) is 5.02 Å². The number of carboxylic acids is 1. The molecule has 124 valence electrons. The highest BCUT2D eigenvalue weighted by molar-refractivity contribution is 6.31. The standard InChI is InChI=1S/C17H20ClNO4/c18-15-4-2-1-3-12(15)13-9-14(13)17(22)19(10-16(20)21)11-5-7-23-8-6-11/h1-4,11,13-14H,5-10H2,(H,20,21)/t13-,14-/m0/s1. The molecule has 3 rings (SSSR count). The van der Waals surface area contributed by atoms with Gasteiger partial charge in [0.1, 0.15) is 6.54 Å². The zero-order chi connectivity index (χ0) is 16.4. The lowest BCUT2D eigenvalue weighted by molar-refractivity contribution is -0.148. The average molecular weight is 338 g/mol. The summed E-state index contributed by atoms with van der Waals surface area (Å²) in [6.07, 6.45) is 2.13. The molecule has 0 radical (unpaired) electrons. The molecule has 5 nitrogen and oxygen atoms in total. The first-order chi connectivity index (χ1) is 11.1. The third-order valence-electron chi connectivity index (χ3n) is 4.63. The third-order valence-corrected chi connectivity index (χ3v) is 4.98. The summed E-state index contributed by atoms with van der Waals surface area (Å²) >= 11 is 6.21. The van der Waals surface area contributed by atoms with Crippen LogP contribution in [0.4, 0.5) is 0 Å². The third kappa shape index (κ3) is 3.67. The van der Waals surface area contributed by atoms with Crippen LogP contribution >= 0.6 is 11.6 Å².